The third-order valence-electron chi connectivity index (χ3n) is 6.47. The number of aromatic nitrogens is 1. The number of carbonyl (C=O) groups excluding carboxylic acids is 2. The lowest BCUT2D eigenvalue weighted by atomic mass is 10.0. The minimum atomic E-state index is -0.262. The van der Waals surface area contributed by atoms with E-state index in [1.807, 2.05) is 44.8 Å². The molecule has 2 fully saturated rings. The average Bonchev–Trinajstić information content (AvgIpc) is 3.17. The van der Waals surface area contributed by atoms with E-state index < -0.39 is 0 Å². The van der Waals surface area contributed by atoms with Gasteiger partial charge in [0.2, 0.25) is 5.91 Å². The van der Waals surface area contributed by atoms with Gasteiger partial charge in [0.15, 0.2) is 0 Å². The van der Waals surface area contributed by atoms with E-state index in [1.165, 1.54) is 12.1 Å². The monoisotopic (exact) mass is 420 g/mol. The molecule has 0 saturated carbocycles. The number of amides is 2. The molecule has 0 N–H and O–H groups in total. The predicted octanol–water partition coefficient (Wildman–Crippen LogP) is 2.76. The second-order valence-electron chi connectivity index (χ2n) is 8.34. The van der Waals surface area contributed by atoms with Crippen molar-refractivity contribution < 1.29 is 14.0 Å². The van der Waals surface area contributed by atoms with Crippen LogP contribution in [-0.2, 0) is 4.79 Å². The Morgan fingerprint density at radius 1 is 0.903 bits per heavy atom. The van der Waals surface area contributed by atoms with Crippen LogP contribution in [0.15, 0.2) is 54.7 Å². The first kappa shape index (κ1) is 19.8. The summed E-state index contributed by atoms with van der Waals surface area (Å²) in [6.45, 7) is 6.35. The number of hydrogen-bond acceptors (Lipinski definition) is 3. The fourth-order valence-electron chi connectivity index (χ4n) is 4.54. The Morgan fingerprint density at radius 2 is 1.61 bits per heavy atom. The number of benzene rings is 2. The summed E-state index contributed by atoms with van der Waals surface area (Å²) >= 11 is 0. The Kier molecular flexibility index (Phi) is 4.98. The van der Waals surface area contributed by atoms with Crippen LogP contribution in [0, 0.1) is 5.82 Å². The van der Waals surface area contributed by atoms with Crippen molar-refractivity contribution >= 4 is 22.7 Å². The normalized spacial score (nSPS) is 17.7. The zero-order valence-corrected chi connectivity index (χ0v) is 17.5. The summed E-state index contributed by atoms with van der Waals surface area (Å²) in [5, 5.41) is 0.979. The SMILES string of the molecule is CC(=O)N1CCN(C2CN(C(=O)c3ccc4c(ccn4-c4ccc(F)cc4)c3)C2)CC1. The second kappa shape index (κ2) is 7.81. The number of likely N-dealkylation sites (tertiary alicyclic amines) is 1. The molecular weight excluding hydrogens is 395 g/mol. The summed E-state index contributed by atoms with van der Waals surface area (Å²) in [6.07, 6.45) is 1.94. The fourth-order valence-corrected chi connectivity index (χ4v) is 4.54. The third-order valence-corrected chi connectivity index (χ3v) is 6.47. The van der Waals surface area contributed by atoms with Crippen molar-refractivity contribution in [2.75, 3.05) is 39.3 Å². The predicted molar refractivity (Wildman–Crippen MR) is 117 cm³/mol. The smallest absolute Gasteiger partial charge is 0.253 e. The quantitative estimate of drug-likeness (QED) is 0.655. The minimum Gasteiger partial charge on any atom is -0.340 e. The van der Waals surface area contributed by atoms with E-state index in [0.717, 1.165) is 55.9 Å². The molecule has 7 heteroatoms. The van der Waals surface area contributed by atoms with Gasteiger partial charge in [-0.05, 0) is 48.5 Å². The first-order valence-electron chi connectivity index (χ1n) is 10.7. The van der Waals surface area contributed by atoms with E-state index in [-0.39, 0.29) is 17.6 Å². The van der Waals surface area contributed by atoms with Gasteiger partial charge in [0.1, 0.15) is 5.82 Å². The number of nitrogens with zero attached hydrogens (tertiary/aromatic N) is 4. The van der Waals surface area contributed by atoms with Crippen LogP contribution >= 0.6 is 0 Å². The highest BCUT2D eigenvalue weighted by molar-refractivity contribution is 5.99. The van der Waals surface area contributed by atoms with Crippen molar-refractivity contribution in [3.8, 4) is 5.69 Å². The summed E-state index contributed by atoms with van der Waals surface area (Å²) in [6, 6.07) is 14.5. The zero-order valence-electron chi connectivity index (χ0n) is 17.5. The maximum absolute atomic E-state index is 13.2. The average molecular weight is 420 g/mol. The highest BCUT2D eigenvalue weighted by atomic mass is 19.1. The Labute approximate surface area is 180 Å². The van der Waals surface area contributed by atoms with E-state index in [9.17, 15) is 14.0 Å². The van der Waals surface area contributed by atoms with Gasteiger partial charge >= 0.3 is 0 Å². The van der Waals surface area contributed by atoms with Crippen LogP contribution in [-0.4, -0.2) is 76.4 Å². The molecule has 6 nitrogen and oxygen atoms in total. The number of fused-ring (bicyclic) bond motifs is 1. The number of rotatable bonds is 3. The summed E-state index contributed by atoms with van der Waals surface area (Å²) in [5.74, 6) is -0.0783. The van der Waals surface area contributed by atoms with Crippen LogP contribution in [0.5, 0.6) is 0 Å². The molecule has 3 heterocycles. The van der Waals surface area contributed by atoms with Crippen molar-refractivity contribution in [1.29, 1.82) is 0 Å². The molecule has 0 radical (unpaired) electrons. The molecule has 2 amide bonds. The summed E-state index contributed by atoms with van der Waals surface area (Å²) in [5.41, 5.74) is 2.54. The lowest BCUT2D eigenvalue weighted by Gasteiger charge is -2.48. The molecule has 0 bridgehead atoms. The maximum atomic E-state index is 13.2. The molecule has 3 aromatic rings. The van der Waals surface area contributed by atoms with Crippen molar-refractivity contribution in [1.82, 2.24) is 19.3 Å². The molecule has 2 aliphatic rings. The number of carbonyl (C=O) groups is 2. The third kappa shape index (κ3) is 3.70. The highest BCUT2D eigenvalue weighted by Crippen LogP contribution is 2.25. The van der Waals surface area contributed by atoms with Gasteiger partial charge in [-0.1, -0.05) is 0 Å². The molecule has 0 spiro atoms. The molecule has 0 unspecified atom stereocenters. The molecule has 160 valence electrons. The van der Waals surface area contributed by atoms with Crippen LogP contribution in [0.4, 0.5) is 4.39 Å². The van der Waals surface area contributed by atoms with Gasteiger partial charge in [-0.15, -0.1) is 0 Å². The van der Waals surface area contributed by atoms with E-state index in [0.29, 0.717) is 11.6 Å². The van der Waals surface area contributed by atoms with Crippen LogP contribution in [0.25, 0.3) is 16.6 Å². The van der Waals surface area contributed by atoms with Crippen molar-refractivity contribution in [3.05, 3.63) is 66.1 Å². The van der Waals surface area contributed by atoms with Crippen LogP contribution in [0.3, 0.4) is 0 Å². The lowest BCUT2D eigenvalue weighted by Crippen LogP contribution is -2.64. The summed E-state index contributed by atoms with van der Waals surface area (Å²) in [4.78, 5) is 30.6. The molecule has 5 rings (SSSR count). The lowest BCUT2D eigenvalue weighted by molar-refractivity contribution is -0.131. The number of hydrogen-bond donors (Lipinski definition) is 0. The Hall–Kier alpha value is -3.19. The fraction of sp³-hybridized carbons (Fsp3) is 0.333. The summed E-state index contributed by atoms with van der Waals surface area (Å²) in [7, 11) is 0. The molecule has 2 saturated heterocycles. The van der Waals surface area contributed by atoms with Gasteiger partial charge in [0.05, 0.1) is 5.52 Å². The van der Waals surface area contributed by atoms with Crippen LogP contribution in [0.1, 0.15) is 17.3 Å². The minimum absolute atomic E-state index is 0.0510. The van der Waals surface area contributed by atoms with Gasteiger partial charge in [-0.3, -0.25) is 14.5 Å². The van der Waals surface area contributed by atoms with Crippen LogP contribution < -0.4 is 0 Å². The van der Waals surface area contributed by atoms with Crippen molar-refractivity contribution in [2.24, 2.45) is 0 Å². The zero-order chi connectivity index (χ0) is 21.5. The van der Waals surface area contributed by atoms with Crippen molar-refractivity contribution in [2.45, 2.75) is 13.0 Å². The van der Waals surface area contributed by atoms with E-state index in [1.54, 1.807) is 19.1 Å². The molecule has 31 heavy (non-hydrogen) atoms. The first-order chi connectivity index (χ1) is 15.0. The number of piperazine rings is 1. The number of halogens is 1. The molecule has 1 aromatic heterocycles. The topological polar surface area (TPSA) is 48.8 Å². The molecule has 0 aliphatic carbocycles. The molecule has 0 atom stereocenters. The first-order valence-corrected chi connectivity index (χ1v) is 10.7. The van der Waals surface area contributed by atoms with Gasteiger partial charge in [0.25, 0.3) is 5.91 Å². The van der Waals surface area contributed by atoms with E-state index in [2.05, 4.69) is 4.90 Å². The van der Waals surface area contributed by atoms with Gasteiger partial charge in [0, 0.05) is 75.1 Å². The Morgan fingerprint density at radius 3 is 2.29 bits per heavy atom. The molecule has 2 aromatic carbocycles. The van der Waals surface area contributed by atoms with E-state index >= 15 is 0 Å². The van der Waals surface area contributed by atoms with Crippen molar-refractivity contribution in [3.63, 3.8) is 0 Å². The molecular formula is C24H25FN4O2. The maximum Gasteiger partial charge on any atom is 0.253 e. The Balaban J connectivity index is 1.24. The van der Waals surface area contributed by atoms with Gasteiger partial charge in [-0.25, -0.2) is 4.39 Å². The second-order valence-corrected chi connectivity index (χ2v) is 8.34. The van der Waals surface area contributed by atoms with E-state index in [4.69, 9.17) is 0 Å². The standard InChI is InChI=1S/C24H25FN4O2/c1-17(30)26-10-12-27(13-11-26)22-15-28(16-22)24(31)19-2-7-23-18(14-19)8-9-29(23)21-5-3-20(25)4-6-21/h2-9,14,22H,10-13,15-16H2,1H3. The highest BCUT2D eigenvalue weighted by Gasteiger charge is 2.36. The Bertz CT molecular complexity index is 1130. The van der Waals surface area contributed by atoms with Gasteiger partial charge in [-0.2, -0.15) is 0 Å². The van der Waals surface area contributed by atoms with Crippen LogP contribution in [0.2, 0.25) is 0 Å². The summed E-state index contributed by atoms with van der Waals surface area (Å²) < 4.78 is 15.2. The largest absolute Gasteiger partial charge is 0.340 e. The van der Waals surface area contributed by atoms with Gasteiger partial charge < -0.3 is 14.4 Å². The molecule has 2 aliphatic heterocycles.